The maximum absolute atomic E-state index is 10.9. The van der Waals surface area contributed by atoms with Gasteiger partial charge in [0.25, 0.3) is 0 Å². The van der Waals surface area contributed by atoms with Crippen molar-refractivity contribution in [2.75, 3.05) is 12.3 Å². The molecular weight excluding hydrogens is 341 g/mol. The van der Waals surface area contributed by atoms with E-state index < -0.39 is 32.4 Å². The smallest absolute Gasteiger partial charge is 0.390 e. The Morgan fingerprint density at radius 2 is 2.25 bits per heavy atom. The molecule has 0 aliphatic carbocycles. The zero-order valence-electron chi connectivity index (χ0n) is 12.8. The van der Waals surface area contributed by atoms with Crippen LogP contribution in [-0.2, 0) is 19.6 Å². The second-order valence-electron chi connectivity index (χ2n) is 5.56. The van der Waals surface area contributed by atoms with Crippen LogP contribution >= 0.6 is 7.82 Å². The predicted octanol–water partition coefficient (Wildman–Crippen LogP) is -0.270. The highest BCUT2D eigenvalue weighted by Crippen LogP contribution is 2.42. The van der Waals surface area contributed by atoms with Crippen molar-refractivity contribution in [3.05, 3.63) is 12.7 Å². The lowest BCUT2D eigenvalue weighted by atomic mass is 10.0. The van der Waals surface area contributed by atoms with E-state index in [0.29, 0.717) is 17.6 Å². The third-order valence-corrected chi connectivity index (χ3v) is 4.57. The van der Waals surface area contributed by atoms with E-state index in [1.54, 1.807) is 4.57 Å². The summed E-state index contributed by atoms with van der Waals surface area (Å²) >= 11 is 0. The Kier molecular flexibility index (Phi) is 4.32. The standard InChI is InChI=1S/C12H18N5O6P/c1-2-12(3-7(18)8(23-12)4-22-24(19,20)21)17-6-16-9-10(13)14-5-15-11(9)17/h5-8,18H,2-4H2,1H3,(H2,13,14,15)(H2,19,20,21)/t7-,8+,12+/m0/s1. The molecule has 0 saturated carbocycles. The monoisotopic (exact) mass is 359 g/mol. The zero-order valence-corrected chi connectivity index (χ0v) is 13.7. The summed E-state index contributed by atoms with van der Waals surface area (Å²) in [5.74, 6) is 0.227. The molecule has 5 N–H and O–H groups in total. The lowest BCUT2D eigenvalue weighted by molar-refractivity contribution is -0.116. The van der Waals surface area contributed by atoms with Crippen LogP contribution in [0, 0.1) is 0 Å². The summed E-state index contributed by atoms with van der Waals surface area (Å²) in [6.45, 7) is 1.42. The molecule has 1 saturated heterocycles. The van der Waals surface area contributed by atoms with Crippen LogP contribution in [0.1, 0.15) is 19.8 Å². The van der Waals surface area contributed by atoms with Gasteiger partial charge in [-0.2, -0.15) is 0 Å². The molecule has 1 aliphatic heterocycles. The number of anilines is 1. The number of aliphatic hydroxyl groups is 1. The summed E-state index contributed by atoms with van der Waals surface area (Å²) in [6, 6.07) is 0. The number of ether oxygens (including phenoxy) is 1. The summed E-state index contributed by atoms with van der Waals surface area (Å²) < 4.78 is 22.9. The highest BCUT2D eigenvalue weighted by molar-refractivity contribution is 7.46. The largest absolute Gasteiger partial charge is 0.469 e. The van der Waals surface area contributed by atoms with E-state index in [1.807, 2.05) is 6.92 Å². The van der Waals surface area contributed by atoms with Gasteiger partial charge in [0, 0.05) is 6.42 Å². The Labute approximate surface area is 136 Å². The SMILES string of the molecule is CC[C@]1(n2cnc3c(N)ncnc32)C[C@H](O)[C@@H](COP(=O)(O)O)O1. The number of imidazole rings is 1. The first-order chi connectivity index (χ1) is 11.3. The van der Waals surface area contributed by atoms with E-state index in [4.69, 9.17) is 20.3 Å². The minimum atomic E-state index is -4.65. The van der Waals surface area contributed by atoms with Crippen molar-refractivity contribution in [2.24, 2.45) is 0 Å². The molecule has 3 heterocycles. The fraction of sp³-hybridized carbons (Fsp3) is 0.583. The molecule has 12 heteroatoms. The number of aromatic nitrogens is 4. The van der Waals surface area contributed by atoms with Gasteiger partial charge in [0.2, 0.25) is 0 Å². The molecule has 0 unspecified atom stereocenters. The van der Waals surface area contributed by atoms with Gasteiger partial charge < -0.3 is 25.4 Å². The van der Waals surface area contributed by atoms with Gasteiger partial charge in [0.05, 0.1) is 19.0 Å². The molecule has 24 heavy (non-hydrogen) atoms. The highest BCUT2D eigenvalue weighted by atomic mass is 31.2. The normalized spacial score (nSPS) is 27.8. The van der Waals surface area contributed by atoms with E-state index in [9.17, 15) is 9.67 Å². The molecule has 2 aromatic heterocycles. The first kappa shape index (κ1) is 17.2. The number of phosphoric acid groups is 1. The predicted molar refractivity (Wildman–Crippen MR) is 81.5 cm³/mol. The number of nitrogens with two attached hydrogens (primary N) is 1. The van der Waals surface area contributed by atoms with Crippen LogP contribution < -0.4 is 5.73 Å². The Bertz CT molecular complexity index is 793. The summed E-state index contributed by atoms with van der Waals surface area (Å²) in [7, 11) is -4.65. The van der Waals surface area contributed by atoms with Crippen molar-refractivity contribution in [2.45, 2.75) is 37.7 Å². The number of nitrogens with zero attached hydrogens (tertiary/aromatic N) is 4. The van der Waals surface area contributed by atoms with E-state index >= 15 is 0 Å². The van der Waals surface area contributed by atoms with E-state index in [-0.39, 0.29) is 12.2 Å². The number of hydrogen-bond donors (Lipinski definition) is 4. The molecule has 0 aromatic carbocycles. The van der Waals surface area contributed by atoms with Gasteiger partial charge in [-0.3, -0.25) is 9.09 Å². The van der Waals surface area contributed by atoms with E-state index in [1.165, 1.54) is 12.7 Å². The Balaban J connectivity index is 1.92. The third-order valence-electron chi connectivity index (χ3n) is 4.09. The number of aliphatic hydroxyl groups excluding tert-OH is 1. The van der Waals surface area contributed by atoms with Crippen molar-refractivity contribution in [3.63, 3.8) is 0 Å². The lowest BCUT2D eigenvalue weighted by Gasteiger charge is -2.29. The van der Waals surface area contributed by atoms with Crippen molar-refractivity contribution in [1.82, 2.24) is 19.5 Å². The topological polar surface area (TPSA) is 166 Å². The molecule has 1 aliphatic rings. The van der Waals surface area contributed by atoms with E-state index in [2.05, 4.69) is 19.5 Å². The minimum absolute atomic E-state index is 0.189. The first-order valence-electron chi connectivity index (χ1n) is 7.26. The molecule has 0 bridgehead atoms. The average molecular weight is 359 g/mol. The minimum Gasteiger partial charge on any atom is -0.390 e. The summed E-state index contributed by atoms with van der Waals surface area (Å²) in [5, 5.41) is 10.2. The molecule has 0 amide bonds. The third kappa shape index (κ3) is 3.02. The van der Waals surface area contributed by atoms with Crippen LogP contribution in [-0.4, -0.2) is 53.2 Å². The molecule has 2 aromatic rings. The van der Waals surface area contributed by atoms with Crippen LogP contribution in [0.4, 0.5) is 5.82 Å². The van der Waals surface area contributed by atoms with Crippen LogP contribution in [0.5, 0.6) is 0 Å². The van der Waals surface area contributed by atoms with Crippen LogP contribution in [0.25, 0.3) is 11.2 Å². The van der Waals surface area contributed by atoms with Crippen molar-refractivity contribution in [1.29, 1.82) is 0 Å². The van der Waals surface area contributed by atoms with Gasteiger partial charge in [-0.15, -0.1) is 0 Å². The van der Waals surface area contributed by atoms with Crippen LogP contribution in [0.2, 0.25) is 0 Å². The number of hydrogen-bond acceptors (Lipinski definition) is 8. The number of phosphoric ester groups is 1. The quantitative estimate of drug-likeness (QED) is 0.522. The van der Waals surface area contributed by atoms with Gasteiger partial charge in [0.15, 0.2) is 11.5 Å². The molecule has 3 rings (SSSR count). The zero-order chi connectivity index (χ0) is 17.5. The molecule has 0 radical (unpaired) electrons. The average Bonchev–Trinajstić information content (AvgIpc) is 3.07. The van der Waals surface area contributed by atoms with Gasteiger partial charge in [-0.25, -0.2) is 19.5 Å². The summed E-state index contributed by atoms with van der Waals surface area (Å²) in [6.07, 6.45) is 1.60. The summed E-state index contributed by atoms with van der Waals surface area (Å²) in [5.41, 5.74) is 5.67. The van der Waals surface area contributed by atoms with Crippen molar-refractivity contribution in [3.8, 4) is 0 Å². The van der Waals surface area contributed by atoms with Gasteiger partial charge in [-0.05, 0) is 6.42 Å². The molecule has 132 valence electrons. The number of rotatable bonds is 5. The second kappa shape index (κ2) is 6.03. The lowest BCUT2D eigenvalue weighted by Crippen LogP contribution is -2.33. The molecule has 0 spiro atoms. The first-order valence-corrected chi connectivity index (χ1v) is 8.79. The molecule has 11 nitrogen and oxygen atoms in total. The van der Waals surface area contributed by atoms with Crippen LogP contribution in [0.3, 0.4) is 0 Å². The number of fused-ring (bicyclic) bond motifs is 1. The Morgan fingerprint density at radius 1 is 1.50 bits per heavy atom. The summed E-state index contributed by atoms with van der Waals surface area (Å²) in [4.78, 5) is 29.9. The van der Waals surface area contributed by atoms with Gasteiger partial charge in [-0.1, -0.05) is 6.92 Å². The Hall–Kier alpha value is -1.62. The fourth-order valence-corrected chi connectivity index (χ4v) is 3.23. The second-order valence-corrected chi connectivity index (χ2v) is 6.80. The van der Waals surface area contributed by atoms with Gasteiger partial charge in [0.1, 0.15) is 23.7 Å². The Morgan fingerprint density at radius 3 is 2.92 bits per heavy atom. The fourth-order valence-electron chi connectivity index (χ4n) is 2.89. The molecular formula is C12H18N5O6P. The molecule has 3 atom stereocenters. The van der Waals surface area contributed by atoms with E-state index in [0.717, 1.165) is 0 Å². The maximum Gasteiger partial charge on any atom is 0.469 e. The van der Waals surface area contributed by atoms with Crippen molar-refractivity contribution >= 4 is 24.8 Å². The maximum atomic E-state index is 10.9. The molecule has 1 fully saturated rings. The highest BCUT2D eigenvalue weighted by Gasteiger charge is 2.47. The van der Waals surface area contributed by atoms with Crippen molar-refractivity contribution < 1.29 is 28.7 Å². The van der Waals surface area contributed by atoms with Crippen LogP contribution in [0.15, 0.2) is 12.7 Å². The van der Waals surface area contributed by atoms with Gasteiger partial charge >= 0.3 is 7.82 Å². The number of nitrogen functional groups attached to an aromatic ring is 1.